The van der Waals surface area contributed by atoms with E-state index in [2.05, 4.69) is 5.32 Å². The highest BCUT2D eigenvalue weighted by Crippen LogP contribution is 2.36. The summed E-state index contributed by atoms with van der Waals surface area (Å²) in [6.07, 6.45) is -10.3. The Balaban J connectivity index is 1.69. The van der Waals surface area contributed by atoms with Crippen LogP contribution >= 0.6 is 0 Å². The number of morpholine rings is 1. The number of carbonyl (C=O) groups excluding carboxylic acids is 2. The average Bonchev–Trinajstić information content (AvgIpc) is 2.75. The number of alkyl halides is 6. The van der Waals surface area contributed by atoms with Crippen LogP contribution in [0.4, 0.5) is 26.3 Å². The van der Waals surface area contributed by atoms with E-state index in [9.17, 15) is 35.9 Å². The molecule has 0 bridgehead atoms. The van der Waals surface area contributed by atoms with Gasteiger partial charge in [0.05, 0.1) is 23.3 Å². The Hall–Kier alpha value is -3.08. The van der Waals surface area contributed by atoms with Crippen molar-refractivity contribution in [1.29, 1.82) is 0 Å². The van der Waals surface area contributed by atoms with Gasteiger partial charge in [-0.3, -0.25) is 9.59 Å². The van der Waals surface area contributed by atoms with Crippen molar-refractivity contribution >= 4 is 11.8 Å². The quantitative estimate of drug-likeness (QED) is 0.623. The van der Waals surface area contributed by atoms with E-state index >= 15 is 0 Å². The second-order valence-electron chi connectivity index (χ2n) is 8.14. The fraction of sp³-hybridized carbons (Fsp3) is 0.391. The first-order chi connectivity index (χ1) is 15.7. The number of nitrogens with one attached hydrogen (secondary N) is 1. The molecule has 1 heterocycles. The van der Waals surface area contributed by atoms with Crippen LogP contribution in [-0.4, -0.2) is 42.0 Å². The molecule has 0 spiro atoms. The number of carbonyl (C=O) groups is 2. The van der Waals surface area contributed by atoms with Gasteiger partial charge in [0.2, 0.25) is 0 Å². The summed E-state index contributed by atoms with van der Waals surface area (Å²) in [6.45, 7) is 4.46. The molecule has 1 aliphatic heterocycles. The lowest BCUT2D eigenvalue weighted by Crippen LogP contribution is -2.48. The molecule has 34 heavy (non-hydrogen) atoms. The van der Waals surface area contributed by atoms with Crippen LogP contribution < -0.4 is 5.32 Å². The van der Waals surface area contributed by atoms with E-state index in [4.69, 9.17) is 4.74 Å². The summed E-state index contributed by atoms with van der Waals surface area (Å²) in [5, 5.41) is 2.31. The number of hydrogen-bond acceptors (Lipinski definition) is 3. The maximum absolute atomic E-state index is 13.0. The lowest BCUT2D eigenvalue weighted by molar-refractivity contribution is -0.143. The summed E-state index contributed by atoms with van der Waals surface area (Å²) in [5.41, 5.74) is -2.98. The van der Waals surface area contributed by atoms with E-state index in [0.717, 1.165) is 0 Å². The van der Waals surface area contributed by atoms with Gasteiger partial charge in [0.25, 0.3) is 11.8 Å². The minimum Gasteiger partial charge on any atom is -0.372 e. The summed E-state index contributed by atoms with van der Waals surface area (Å²) in [4.78, 5) is 26.7. The van der Waals surface area contributed by atoms with E-state index in [1.807, 2.05) is 13.8 Å². The molecule has 0 radical (unpaired) electrons. The zero-order valence-corrected chi connectivity index (χ0v) is 18.3. The molecule has 0 aromatic heterocycles. The van der Waals surface area contributed by atoms with Crippen molar-refractivity contribution in [3.63, 3.8) is 0 Å². The van der Waals surface area contributed by atoms with Crippen LogP contribution in [0.25, 0.3) is 0 Å². The molecule has 0 aliphatic carbocycles. The Kier molecular flexibility index (Phi) is 7.25. The molecule has 2 aromatic rings. The van der Waals surface area contributed by atoms with Gasteiger partial charge >= 0.3 is 12.4 Å². The molecule has 1 aliphatic rings. The standard InChI is InChI=1S/C23H22F6N2O3/c1-13-11-31(12-14(2)34-13)21(33)16-5-3-15(4-6-16)10-30-20(32)17-7-18(22(24,25)26)9-19(8-17)23(27,28)29/h3-9,13-14H,10-12H2,1-2H3,(H,30,32). The monoisotopic (exact) mass is 488 g/mol. The summed E-state index contributed by atoms with van der Waals surface area (Å²) in [6, 6.07) is 6.89. The molecule has 11 heteroatoms. The Morgan fingerprint density at radius 2 is 1.38 bits per heavy atom. The second kappa shape index (κ2) is 9.65. The van der Waals surface area contributed by atoms with Crippen molar-refractivity contribution in [2.45, 2.75) is 45.0 Å². The molecule has 2 atom stereocenters. The van der Waals surface area contributed by atoms with Gasteiger partial charge in [-0.05, 0) is 49.7 Å². The number of ether oxygens (including phenoxy) is 1. The molecule has 2 amide bonds. The largest absolute Gasteiger partial charge is 0.416 e. The smallest absolute Gasteiger partial charge is 0.372 e. The van der Waals surface area contributed by atoms with Crippen LogP contribution in [0.1, 0.15) is 51.3 Å². The highest BCUT2D eigenvalue weighted by Gasteiger charge is 2.37. The summed E-state index contributed by atoms with van der Waals surface area (Å²) >= 11 is 0. The van der Waals surface area contributed by atoms with Gasteiger partial charge in [-0.25, -0.2) is 0 Å². The number of halogens is 6. The lowest BCUT2D eigenvalue weighted by atomic mass is 10.0. The Labute approximate surface area is 191 Å². The second-order valence-corrected chi connectivity index (χ2v) is 8.14. The highest BCUT2D eigenvalue weighted by molar-refractivity contribution is 5.95. The molecule has 1 fully saturated rings. The van der Waals surface area contributed by atoms with Crippen LogP contribution in [0.2, 0.25) is 0 Å². The van der Waals surface area contributed by atoms with Crippen molar-refractivity contribution in [3.8, 4) is 0 Å². The van der Waals surface area contributed by atoms with Gasteiger partial charge in [-0.15, -0.1) is 0 Å². The Bertz CT molecular complexity index is 1010. The predicted octanol–water partition coefficient (Wildman–Crippen LogP) is 4.90. The van der Waals surface area contributed by atoms with Crippen molar-refractivity contribution in [2.24, 2.45) is 0 Å². The van der Waals surface area contributed by atoms with Gasteiger partial charge in [0.15, 0.2) is 0 Å². The zero-order chi connectivity index (χ0) is 25.3. The fourth-order valence-electron chi connectivity index (χ4n) is 3.66. The first-order valence-electron chi connectivity index (χ1n) is 10.4. The third-order valence-electron chi connectivity index (χ3n) is 5.21. The fourth-order valence-corrected chi connectivity index (χ4v) is 3.66. The minimum atomic E-state index is -5.05. The van der Waals surface area contributed by atoms with Gasteiger partial charge in [-0.2, -0.15) is 26.3 Å². The van der Waals surface area contributed by atoms with E-state index in [0.29, 0.717) is 36.3 Å². The number of benzene rings is 2. The van der Waals surface area contributed by atoms with E-state index in [-0.39, 0.29) is 30.7 Å². The Morgan fingerprint density at radius 1 is 0.882 bits per heavy atom. The third kappa shape index (κ3) is 6.28. The Morgan fingerprint density at radius 3 is 1.85 bits per heavy atom. The first kappa shape index (κ1) is 25.5. The molecule has 184 valence electrons. The molecular weight excluding hydrogens is 466 g/mol. The normalized spacial score (nSPS) is 19.1. The number of amides is 2. The summed E-state index contributed by atoms with van der Waals surface area (Å²) in [5.74, 6) is -1.28. The maximum Gasteiger partial charge on any atom is 0.416 e. The third-order valence-corrected chi connectivity index (χ3v) is 5.21. The van der Waals surface area contributed by atoms with Gasteiger partial charge in [-0.1, -0.05) is 12.1 Å². The molecule has 2 unspecified atom stereocenters. The van der Waals surface area contributed by atoms with Crippen LogP contribution in [0.15, 0.2) is 42.5 Å². The van der Waals surface area contributed by atoms with Crippen LogP contribution in [0, 0.1) is 0 Å². The zero-order valence-electron chi connectivity index (χ0n) is 18.3. The first-order valence-corrected chi connectivity index (χ1v) is 10.4. The number of rotatable bonds is 4. The van der Waals surface area contributed by atoms with Crippen LogP contribution in [0.3, 0.4) is 0 Å². The van der Waals surface area contributed by atoms with E-state index in [1.54, 1.807) is 29.2 Å². The van der Waals surface area contributed by atoms with E-state index < -0.39 is 35.0 Å². The average molecular weight is 488 g/mol. The SMILES string of the molecule is CC1CN(C(=O)c2ccc(CNC(=O)c3cc(C(F)(F)F)cc(C(F)(F)F)c3)cc2)CC(C)O1. The highest BCUT2D eigenvalue weighted by atomic mass is 19.4. The molecule has 1 N–H and O–H groups in total. The van der Waals surface area contributed by atoms with Crippen LogP contribution in [0.5, 0.6) is 0 Å². The number of nitrogens with zero attached hydrogens (tertiary/aromatic N) is 1. The molecule has 3 rings (SSSR count). The predicted molar refractivity (Wildman–Crippen MR) is 110 cm³/mol. The van der Waals surface area contributed by atoms with E-state index in [1.165, 1.54) is 0 Å². The van der Waals surface area contributed by atoms with Crippen molar-refractivity contribution < 1.29 is 40.7 Å². The topological polar surface area (TPSA) is 58.6 Å². The summed E-state index contributed by atoms with van der Waals surface area (Å²) in [7, 11) is 0. The van der Waals surface area contributed by atoms with Gasteiger partial charge < -0.3 is 15.0 Å². The summed E-state index contributed by atoms with van der Waals surface area (Å²) < 4.78 is 83.6. The maximum atomic E-state index is 13.0. The van der Waals surface area contributed by atoms with Crippen molar-refractivity contribution in [3.05, 3.63) is 70.3 Å². The molecular formula is C23H22F6N2O3. The molecule has 2 aromatic carbocycles. The molecule has 5 nitrogen and oxygen atoms in total. The number of hydrogen-bond donors (Lipinski definition) is 1. The van der Waals surface area contributed by atoms with Gasteiger partial charge in [0, 0.05) is 30.8 Å². The van der Waals surface area contributed by atoms with Gasteiger partial charge in [0.1, 0.15) is 0 Å². The lowest BCUT2D eigenvalue weighted by Gasteiger charge is -2.35. The minimum absolute atomic E-state index is 0.0392. The van der Waals surface area contributed by atoms with Crippen molar-refractivity contribution in [2.75, 3.05) is 13.1 Å². The van der Waals surface area contributed by atoms with Crippen LogP contribution in [-0.2, 0) is 23.6 Å². The van der Waals surface area contributed by atoms with Crippen molar-refractivity contribution in [1.82, 2.24) is 10.2 Å². The molecule has 1 saturated heterocycles. The molecule has 0 saturated carbocycles.